The molecule has 0 spiro atoms. The van der Waals surface area contributed by atoms with Crippen molar-refractivity contribution in [1.29, 1.82) is 0 Å². The summed E-state index contributed by atoms with van der Waals surface area (Å²) in [6.07, 6.45) is 1.70. The number of halogens is 1. The van der Waals surface area contributed by atoms with Crippen molar-refractivity contribution in [3.05, 3.63) is 91.9 Å². The van der Waals surface area contributed by atoms with Crippen LogP contribution in [0, 0.1) is 12.7 Å². The van der Waals surface area contributed by atoms with Gasteiger partial charge in [0.1, 0.15) is 11.6 Å². The van der Waals surface area contributed by atoms with Crippen LogP contribution < -0.4 is 21.9 Å². The number of para-hydroxylation sites is 1. The van der Waals surface area contributed by atoms with Crippen LogP contribution in [0.15, 0.2) is 58.1 Å². The predicted octanol–water partition coefficient (Wildman–Crippen LogP) is 3.29. The molecule has 2 aromatic carbocycles. The van der Waals surface area contributed by atoms with Gasteiger partial charge in [0.25, 0.3) is 5.56 Å². The molecule has 35 heavy (non-hydrogen) atoms. The molecule has 1 aromatic heterocycles. The summed E-state index contributed by atoms with van der Waals surface area (Å²) in [5, 5.41) is 0. The van der Waals surface area contributed by atoms with Crippen molar-refractivity contribution >= 4 is 11.5 Å². The smallest absolute Gasteiger partial charge is 0.332 e. The first kappa shape index (κ1) is 24.7. The Labute approximate surface area is 205 Å². The molecule has 1 saturated heterocycles. The highest BCUT2D eigenvalue weighted by Gasteiger charge is 2.33. The van der Waals surface area contributed by atoms with Crippen LogP contribution in [0.5, 0.6) is 0 Å². The number of unbranched alkanes of at least 4 members (excludes halogenated alkanes) is 1. The number of aromatic nitrogens is 2. The van der Waals surface area contributed by atoms with Gasteiger partial charge < -0.3 is 10.6 Å². The summed E-state index contributed by atoms with van der Waals surface area (Å²) in [6.45, 7) is 6.98. The highest BCUT2D eigenvalue weighted by Crippen LogP contribution is 2.33. The van der Waals surface area contributed by atoms with Gasteiger partial charge in [-0.05, 0) is 36.6 Å². The van der Waals surface area contributed by atoms with E-state index >= 15 is 0 Å². The SMILES string of the molecule is CCCCn1c(N)c([C@H](c2ccccc2C)N2CCN(c3ccccc3F)CC2)c(=O)n(C)c1=O. The third-order valence-corrected chi connectivity index (χ3v) is 6.98. The van der Waals surface area contributed by atoms with Crippen LogP contribution in [-0.4, -0.2) is 40.2 Å². The van der Waals surface area contributed by atoms with Crippen LogP contribution in [0.2, 0.25) is 0 Å². The second-order valence-electron chi connectivity index (χ2n) is 9.18. The minimum Gasteiger partial charge on any atom is -0.385 e. The number of hydrogen-bond donors (Lipinski definition) is 1. The van der Waals surface area contributed by atoms with Gasteiger partial charge in [-0.2, -0.15) is 0 Å². The first-order valence-electron chi connectivity index (χ1n) is 12.2. The lowest BCUT2D eigenvalue weighted by Gasteiger charge is -2.41. The Morgan fingerprint density at radius 3 is 2.31 bits per heavy atom. The van der Waals surface area contributed by atoms with E-state index in [0.29, 0.717) is 44.0 Å². The molecule has 1 aliphatic rings. The number of nitrogens with zero attached hydrogens (tertiary/aromatic N) is 4. The highest BCUT2D eigenvalue weighted by atomic mass is 19.1. The zero-order chi connectivity index (χ0) is 25.1. The van der Waals surface area contributed by atoms with Gasteiger partial charge in [-0.3, -0.25) is 18.8 Å². The summed E-state index contributed by atoms with van der Waals surface area (Å²) in [7, 11) is 1.51. The van der Waals surface area contributed by atoms with E-state index in [2.05, 4.69) is 11.8 Å². The molecule has 3 aromatic rings. The van der Waals surface area contributed by atoms with Gasteiger partial charge in [0.15, 0.2) is 0 Å². The first-order chi connectivity index (χ1) is 16.8. The summed E-state index contributed by atoms with van der Waals surface area (Å²) in [4.78, 5) is 30.7. The van der Waals surface area contributed by atoms with Gasteiger partial charge in [-0.1, -0.05) is 49.7 Å². The van der Waals surface area contributed by atoms with Crippen molar-refractivity contribution in [2.75, 3.05) is 36.8 Å². The van der Waals surface area contributed by atoms with Crippen molar-refractivity contribution in [3.8, 4) is 0 Å². The van der Waals surface area contributed by atoms with Crippen LogP contribution in [0.25, 0.3) is 0 Å². The van der Waals surface area contributed by atoms with Crippen LogP contribution in [0.3, 0.4) is 0 Å². The third-order valence-electron chi connectivity index (χ3n) is 6.98. The Bertz CT molecular complexity index is 1310. The van der Waals surface area contributed by atoms with Gasteiger partial charge in [0.05, 0.1) is 17.3 Å². The fourth-order valence-corrected chi connectivity index (χ4v) is 4.95. The average Bonchev–Trinajstić information content (AvgIpc) is 2.87. The van der Waals surface area contributed by atoms with Crippen LogP contribution in [0.1, 0.15) is 42.5 Å². The van der Waals surface area contributed by atoms with Gasteiger partial charge in [-0.25, -0.2) is 9.18 Å². The molecule has 0 aliphatic carbocycles. The highest BCUT2D eigenvalue weighted by molar-refractivity contribution is 5.50. The second kappa shape index (κ2) is 10.5. The maximum Gasteiger partial charge on any atom is 0.332 e. The zero-order valence-electron chi connectivity index (χ0n) is 20.7. The fraction of sp³-hybridized carbons (Fsp3) is 0.407. The number of aryl methyl sites for hydroxylation is 1. The number of piperazine rings is 1. The average molecular weight is 480 g/mol. The molecule has 1 aliphatic heterocycles. The molecule has 0 amide bonds. The summed E-state index contributed by atoms with van der Waals surface area (Å²) in [6, 6.07) is 14.3. The summed E-state index contributed by atoms with van der Waals surface area (Å²) in [5.74, 6) is -0.00569. The molecule has 2 heterocycles. The molecule has 1 fully saturated rings. The lowest BCUT2D eigenvalue weighted by molar-refractivity contribution is 0.209. The fourth-order valence-electron chi connectivity index (χ4n) is 4.95. The molecule has 0 unspecified atom stereocenters. The van der Waals surface area contributed by atoms with E-state index in [4.69, 9.17) is 5.73 Å². The summed E-state index contributed by atoms with van der Waals surface area (Å²) >= 11 is 0. The summed E-state index contributed by atoms with van der Waals surface area (Å²) < 4.78 is 17.1. The molecule has 1 atom stereocenters. The molecule has 4 rings (SSSR count). The van der Waals surface area contributed by atoms with E-state index in [1.165, 1.54) is 22.2 Å². The third kappa shape index (κ3) is 4.75. The van der Waals surface area contributed by atoms with Gasteiger partial charge in [-0.15, -0.1) is 0 Å². The Hall–Kier alpha value is -3.39. The topological polar surface area (TPSA) is 76.5 Å². The normalized spacial score (nSPS) is 15.4. The molecule has 7 nitrogen and oxygen atoms in total. The lowest BCUT2D eigenvalue weighted by atomic mass is 9.93. The molecule has 0 bridgehead atoms. The first-order valence-corrected chi connectivity index (χ1v) is 12.2. The van der Waals surface area contributed by atoms with E-state index in [-0.39, 0.29) is 17.2 Å². The van der Waals surface area contributed by atoms with Crippen molar-refractivity contribution in [2.45, 2.75) is 39.3 Å². The Morgan fingerprint density at radius 1 is 1.00 bits per heavy atom. The van der Waals surface area contributed by atoms with Crippen molar-refractivity contribution in [2.24, 2.45) is 7.05 Å². The number of nitrogen functional groups attached to an aromatic ring is 1. The Kier molecular flexibility index (Phi) is 7.40. The van der Waals surface area contributed by atoms with Gasteiger partial charge in [0.2, 0.25) is 0 Å². The maximum absolute atomic E-state index is 14.4. The monoisotopic (exact) mass is 479 g/mol. The molecule has 2 N–H and O–H groups in total. The molecular formula is C27H34FN5O2. The predicted molar refractivity (Wildman–Crippen MR) is 138 cm³/mol. The van der Waals surface area contributed by atoms with Crippen LogP contribution in [-0.2, 0) is 13.6 Å². The number of nitrogens with two attached hydrogens (primary N) is 1. The number of rotatable bonds is 7. The standard InChI is InChI=1S/C27H34FN5O2/c1-4-5-14-33-25(29)23(26(34)30(3)27(33)35)24(20-11-7-6-10-19(20)2)32-17-15-31(16-18-32)22-13-9-8-12-21(22)28/h6-13,24H,4-5,14-18,29H2,1-3H3/t24-/m0/s1. The largest absolute Gasteiger partial charge is 0.385 e. The van der Waals surface area contributed by atoms with Crippen LogP contribution >= 0.6 is 0 Å². The maximum atomic E-state index is 14.4. The Morgan fingerprint density at radius 2 is 1.66 bits per heavy atom. The van der Waals surface area contributed by atoms with Gasteiger partial charge >= 0.3 is 5.69 Å². The van der Waals surface area contributed by atoms with Crippen molar-refractivity contribution in [3.63, 3.8) is 0 Å². The van der Waals surface area contributed by atoms with E-state index in [1.54, 1.807) is 12.1 Å². The van der Waals surface area contributed by atoms with E-state index in [0.717, 1.165) is 24.0 Å². The molecule has 186 valence electrons. The van der Waals surface area contributed by atoms with E-state index in [9.17, 15) is 14.0 Å². The number of hydrogen-bond acceptors (Lipinski definition) is 5. The minimum atomic E-state index is -0.411. The molecule has 0 radical (unpaired) electrons. The van der Waals surface area contributed by atoms with Crippen molar-refractivity contribution < 1.29 is 4.39 Å². The molecule has 8 heteroatoms. The summed E-state index contributed by atoms with van der Waals surface area (Å²) in [5.41, 5.74) is 8.87. The van der Waals surface area contributed by atoms with Crippen LogP contribution in [0.4, 0.5) is 15.9 Å². The number of benzene rings is 2. The quantitative estimate of drug-likeness (QED) is 0.563. The molecule has 0 saturated carbocycles. The van der Waals surface area contributed by atoms with E-state index in [1.807, 2.05) is 42.2 Å². The zero-order valence-corrected chi connectivity index (χ0v) is 20.7. The second-order valence-corrected chi connectivity index (χ2v) is 9.18. The molecular weight excluding hydrogens is 445 g/mol. The lowest BCUT2D eigenvalue weighted by Crippen LogP contribution is -2.50. The van der Waals surface area contributed by atoms with Gasteiger partial charge in [0, 0.05) is 39.8 Å². The van der Waals surface area contributed by atoms with E-state index < -0.39 is 11.7 Å². The number of anilines is 2. The Balaban J connectivity index is 1.79. The van der Waals surface area contributed by atoms with Crippen molar-refractivity contribution in [1.82, 2.24) is 14.0 Å². The minimum absolute atomic E-state index is 0.233.